The molecule has 0 saturated heterocycles. The minimum Gasteiger partial charge on any atom is -0.508 e. The Morgan fingerprint density at radius 2 is 1.62 bits per heavy atom. The maximum Gasteiger partial charge on any atom is 0.156 e. The lowest BCUT2D eigenvalue weighted by Gasteiger charge is -2.09. The van der Waals surface area contributed by atoms with Crippen molar-refractivity contribution in [1.29, 1.82) is 0 Å². The van der Waals surface area contributed by atoms with E-state index < -0.39 is 0 Å². The molecule has 5 heteroatoms. The first kappa shape index (κ1) is 16.0. The van der Waals surface area contributed by atoms with Gasteiger partial charge in [0.15, 0.2) is 5.75 Å². The molecule has 0 atom stereocenters. The smallest absolute Gasteiger partial charge is 0.156 e. The highest BCUT2D eigenvalue weighted by molar-refractivity contribution is 6.37. The standard InChI is InChI=1S/C16H13Cl3O2/c17-12-6-4-11(5-7-12)3-1-2-8-21-16-14(18)9-13(20)10-15(16)19/h1,3-7,9-10,20H,2,8H2. The number of ether oxygens (including phenoxy) is 1. The summed E-state index contributed by atoms with van der Waals surface area (Å²) >= 11 is 17.7. The van der Waals surface area contributed by atoms with Gasteiger partial charge in [-0.3, -0.25) is 0 Å². The van der Waals surface area contributed by atoms with Crippen molar-refractivity contribution in [1.82, 2.24) is 0 Å². The zero-order valence-corrected chi connectivity index (χ0v) is 13.3. The first-order valence-electron chi connectivity index (χ1n) is 6.29. The summed E-state index contributed by atoms with van der Waals surface area (Å²) in [4.78, 5) is 0. The Balaban J connectivity index is 1.86. The third-order valence-corrected chi connectivity index (χ3v) is 3.51. The van der Waals surface area contributed by atoms with Crippen molar-refractivity contribution in [2.75, 3.05) is 6.61 Å². The lowest BCUT2D eigenvalue weighted by atomic mass is 10.2. The Morgan fingerprint density at radius 1 is 1.00 bits per heavy atom. The molecule has 0 amide bonds. The summed E-state index contributed by atoms with van der Waals surface area (Å²) in [5.41, 5.74) is 1.07. The number of hydrogen-bond acceptors (Lipinski definition) is 2. The van der Waals surface area contributed by atoms with Crippen molar-refractivity contribution in [3.63, 3.8) is 0 Å². The van der Waals surface area contributed by atoms with Gasteiger partial charge in [-0.1, -0.05) is 59.1 Å². The highest BCUT2D eigenvalue weighted by Gasteiger charge is 2.08. The van der Waals surface area contributed by atoms with Gasteiger partial charge >= 0.3 is 0 Å². The molecule has 21 heavy (non-hydrogen) atoms. The van der Waals surface area contributed by atoms with Gasteiger partial charge in [0.1, 0.15) is 5.75 Å². The van der Waals surface area contributed by atoms with Crippen LogP contribution < -0.4 is 4.74 Å². The molecule has 110 valence electrons. The van der Waals surface area contributed by atoms with Crippen molar-refractivity contribution >= 4 is 40.9 Å². The molecule has 0 saturated carbocycles. The SMILES string of the molecule is Oc1cc(Cl)c(OCCC=Cc2ccc(Cl)cc2)c(Cl)c1. The van der Waals surface area contributed by atoms with Gasteiger partial charge in [0.2, 0.25) is 0 Å². The van der Waals surface area contributed by atoms with Crippen molar-refractivity contribution in [3.8, 4) is 11.5 Å². The first-order chi connectivity index (χ1) is 10.1. The van der Waals surface area contributed by atoms with E-state index in [4.69, 9.17) is 39.5 Å². The van der Waals surface area contributed by atoms with Crippen LogP contribution in [-0.4, -0.2) is 11.7 Å². The minimum absolute atomic E-state index is 0.0139. The fourth-order valence-corrected chi connectivity index (χ4v) is 2.42. The molecule has 0 aliphatic rings. The van der Waals surface area contributed by atoms with E-state index in [-0.39, 0.29) is 5.75 Å². The van der Waals surface area contributed by atoms with Crippen LogP contribution in [0.2, 0.25) is 15.1 Å². The normalized spacial score (nSPS) is 11.0. The summed E-state index contributed by atoms with van der Waals surface area (Å²) in [5.74, 6) is 0.399. The average Bonchev–Trinajstić information content (AvgIpc) is 2.43. The predicted octanol–water partition coefficient (Wildman–Crippen LogP) is 5.83. The number of hydrogen-bond donors (Lipinski definition) is 1. The van der Waals surface area contributed by atoms with Crippen LogP contribution in [0.25, 0.3) is 6.08 Å². The van der Waals surface area contributed by atoms with Gasteiger partial charge in [-0.15, -0.1) is 0 Å². The van der Waals surface area contributed by atoms with Crippen LogP contribution in [0.15, 0.2) is 42.5 Å². The van der Waals surface area contributed by atoms with Crippen LogP contribution in [0.4, 0.5) is 0 Å². The van der Waals surface area contributed by atoms with Crippen molar-refractivity contribution in [2.45, 2.75) is 6.42 Å². The van der Waals surface area contributed by atoms with Crippen LogP contribution in [0.1, 0.15) is 12.0 Å². The average molecular weight is 344 g/mol. The summed E-state index contributed by atoms with van der Waals surface area (Å²) in [6, 6.07) is 10.3. The van der Waals surface area contributed by atoms with E-state index in [2.05, 4.69) is 0 Å². The molecule has 2 rings (SSSR count). The maximum absolute atomic E-state index is 9.33. The molecule has 1 N–H and O–H groups in total. The first-order valence-corrected chi connectivity index (χ1v) is 7.42. The van der Waals surface area contributed by atoms with Gasteiger partial charge < -0.3 is 9.84 Å². The summed E-state index contributed by atoms with van der Waals surface area (Å²) in [6.45, 7) is 0.439. The largest absolute Gasteiger partial charge is 0.508 e. The quantitative estimate of drug-likeness (QED) is 0.692. The van der Waals surface area contributed by atoms with E-state index in [0.717, 1.165) is 5.56 Å². The second-order valence-electron chi connectivity index (χ2n) is 4.33. The second kappa shape index (κ2) is 7.60. The molecule has 0 unspecified atom stereocenters. The van der Waals surface area contributed by atoms with Crippen LogP contribution in [-0.2, 0) is 0 Å². The number of phenolic OH excluding ortho intramolecular Hbond substituents is 1. The predicted molar refractivity (Wildman–Crippen MR) is 88.7 cm³/mol. The molecule has 0 aliphatic carbocycles. The summed E-state index contributed by atoms with van der Waals surface area (Å²) in [5, 5.41) is 10.6. The molecule has 0 bridgehead atoms. The lowest BCUT2D eigenvalue weighted by Crippen LogP contribution is -1.97. The molecule has 0 fully saturated rings. The Labute approximate surface area is 138 Å². The van der Waals surface area contributed by atoms with Crippen molar-refractivity contribution in [3.05, 3.63) is 63.1 Å². The molecular weight excluding hydrogens is 331 g/mol. The van der Waals surface area contributed by atoms with E-state index in [9.17, 15) is 5.11 Å². The summed E-state index contributed by atoms with van der Waals surface area (Å²) < 4.78 is 5.53. The van der Waals surface area contributed by atoms with E-state index in [0.29, 0.717) is 33.8 Å². The molecular formula is C16H13Cl3O2. The highest BCUT2D eigenvalue weighted by atomic mass is 35.5. The summed E-state index contributed by atoms with van der Waals surface area (Å²) in [6.07, 6.45) is 4.68. The van der Waals surface area contributed by atoms with Crippen molar-refractivity contribution in [2.24, 2.45) is 0 Å². The number of halogens is 3. The van der Waals surface area contributed by atoms with E-state index >= 15 is 0 Å². The Bertz CT molecular complexity index is 613. The third kappa shape index (κ3) is 4.85. The van der Waals surface area contributed by atoms with Crippen LogP contribution >= 0.6 is 34.8 Å². The van der Waals surface area contributed by atoms with Crippen LogP contribution in [0.3, 0.4) is 0 Å². The molecule has 2 aromatic carbocycles. The second-order valence-corrected chi connectivity index (χ2v) is 5.58. The van der Waals surface area contributed by atoms with Gasteiger partial charge in [0.05, 0.1) is 16.7 Å². The molecule has 0 aliphatic heterocycles. The molecule has 2 aromatic rings. The molecule has 0 heterocycles. The fourth-order valence-electron chi connectivity index (χ4n) is 1.71. The fraction of sp³-hybridized carbons (Fsp3) is 0.125. The molecule has 0 radical (unpaired) electrons. The van der Waals surface area contributed by atoms with Gasteiger partial charge in [-0.05, 0) is 24.1 Å². The number of phenols is 1. The molecule has 2 nitrogen and oxygen atoms in total. The van der Waals surface area contributed by atoms with E-state index in [1.807, 2.05) is 36.4 Å². The Morgan fingerprint density at radius 3 is 2.24 bits per heavy atom. The zero-order valence-electron chi connectivity index (χ0n) is 11.0. The summed E-state index contributed by atoms with van der Waals surface area (Å²) in [7, 11) is 0. The van der Waals surface area contributed by atoms with Gasteiger partial charge in [0, 0.05) is 17.2 Å². The highest BCUT2D eigenvalue weighted by Crippen LogP contribution is 2.36. The van der Waals surface area contributed by atoms with E-state index in [1.54, 1.807) is 0 Å². The molecule has 0 spiro atoms. The Kier molecular flexibility index (Phi) is 5.80. The lowest BCUT2D eigenvalue weighted by molar-refractivity contribution is 0.325. The minimum atomic E-state index is 0.0139. The van der Waals surface area contributed by atoms with Crippen molar-refractivity contribution < 1.29 is 9.84 Å². The van der Waals surface area contributed by atoms with E-state index in [1.165, 1.54) is 12.1 Å². The number of benzene rings is 2. The van der Waals surface area contributed by atoms with Crippen LogP contribution in [0, 0.1) is 0 Å². The zero-order chi connectivity index (χ0) is 15.2. The number of aromatic hydroxyl groups is 1. The Hall–Kier alpha value is -1.35. The van der Waals surface area contributed by atoms with Crippen LogP contribution in [0.5, 0.6) is 11.5 Å². The maximum atomic E-state index is 9.33. The van der Waals surface area contributed by atoms with Gasteiger partial charge in [0.25, 0.3) is 0 Å². The van der Waals surface area contributed by atoms with Gasteiger partial charge in [-0.2, -0.15) is 0 Å². The number of rotatable bonds is 5. The third-order valence-electron chi connectivity index (χ3n) is 2.69. The monoisotopic (exact) mass is 342 g/mol. The van der Waals surface area contributed by atoms with Gasteiger partial charge in [-0.25, -0.2) is 0 Å². The molecule has 0 aromatic heterocycles. The topological polar surface area (TPSA) is 29.5 Å².